The van der Waals surface area contributed by atoms with Crippen molar-refractivity contribution in [2.24, 2.45) is 0 Å². The van der Waals surface area contributed by atoms with E-state index in [1.54, 1.807) is 0 Å². The van der Waals surface area contributed by atoms with Gasteiger partial charge in [0.1, 0.15) is 0 Å². The first-order chi connectivity index (χ1) is 5.50. The Morgan fingerprint density at radius 3 is 2.08 bits per heavy atom. The molecule has 0 radical (unpaired) electrons. The van der Waals surface area contributed by atoms with Crippen LogP contribution < -0.4 is 56.5 Å². The molecule has 0 bridgehead atoms. The summed E-state index contributed by atoms with van der Waals surface area (Å²) < 4.78 is 0.621. The van der Waals surface area contributed by atoms with Crippen molar-refractivity contribution >= 4 is 37.6 Å². The second-order valence-electron chi connectivity index (χ2n) is 1.71. The number of nitrogens with zero attached hydrogens (tertiary/aromatic N) is 2. The van der Waals surface area contributed by atoms with Crippen molar-refractivity contribution in [3.63, 3.8) is 0 Å². The Hall–Kier alpha value is 1.04. The Balaban J connectivity index is 0. The smallest absolute Gasteiger partial charge is 0.528 e. The molecule has 1 N–H and O–H groups in total. The molecule has 0 aromatic carbocycles. The number of thiol groups is 2. The molecule has 9 heteroatoms. The van der Waals surface area contributed by atoms with E-state index < -0.39 is 12.0 Å². The van der Waals surface area contributed by atoms with Crippen LogP contribution in [0.3, 0.4) is 0 Å². The van der Waals surface area contributed by atoms with Crippen molar-refractivity contribution in [1.29, 1.82) is 0 Å². The van der Waals surface area contributed by atoms with Crippen molar-refractivity contribution in [2.45, 2.75) is 6.42 Å². The standard InChI is InChI=1S/C4H8N2O4S2.K/c7-2-1-3(8)5(11)6(12)4(9)10;/h7,11-12H,1-2H2,(H,9,10);/q;+1/p-1. The van der Waals surface area contributed by atoms with E-state index in [2.05, 4.69) is 25.6 Å². The first-order valence-corrected chi connectivity index (χ1v) is 3.63. The van der Waals surface area contributed by atoms with E-state index in [1.807, 2.05) is 0 Å². The Morgan fingerprint density at radius 2 is 1.77 bits per heavy atom. The summed E-state index contributed by atoms with van der Waals surface area (Å²) in [5.74, 6) is -0.694. The molecule has 0 aliphatic heterocycles. The molecule has 0 saturated heterocycles. The molecular weight excluding hydrogens is 243 g/mol. The molecule has 0 aliphatic carbocycles. The third-order valence-electron chi connectivity index (χ3n) is 0.891. The summed E-state index contributed by atoms with van der Waals surface area (Å²) in [7, 11) is 0. The Kier molecular flexibility index (Phi) is 10.6. The Labute approximate surface area is 129 Å². The third-order valence-corrected chi connectivity index (χ3v) is 1.78. The predicted molar refractivity (Wildman–Crippen MR) is 43.8 cm³/mol. The zero-order chi connectivity index (χ0) is 9.72. The number of aliphatic hydroxyl groups excluding tert-OH is 1. The normalized spacial score (nSPS) is 8.54. The van der Waals surface area contributed by atoms with Gasteiger partial charge in [-0.2, -0.15) is 4.41 Å². The molecule has 0 spiro atoms. The number of carbonyl (C=O) groups excluding carboxylic acids is 2. The molecule has 0 aromatic rings. The van der Waals surface area contributed by atoms with Gasteiger partial charge in [0.25, 0.3) is 5.91 Å². The molecule has 0 unspecified atom stereocenters. The molecule has 6 nitrogen and oxygen atoms in total. The molecule has 0 atom stereocenters. The Morgan fingerprint density at radius 1 is 1.31 bits per heavy atom. The van der Waals surface area contributed by atoms with Crippen LogP contribution in [0.1, 0.15) is 6.42 Å². The summed E-state index contributed by atoms with van der Waals surface area (Å²) in [5, 5.41) is 18.4. The summed E-state index contributed by atoms with van der Waals surface area (Å²) in [5.41, 5.74) is 0. The van der Waals surface area contributed by atoms with Crippen molar-refractivity contribution in [2.75, 3.05) is 6.61 Å². The maximum Gasteiger partial charge on any atom is 1.00 e. The number of amides is 2. The van der Waals surface area contributed by atoms with Gasteiger partial charge in [0.05, 0.1) is 13.0 Å². The van der Waals surface area contributed by atoms with E-state index in [4.69, 9.17) is 5.11 Å². The molecule has 0 aromatic heterocycles. The van der Waals surface area contributed by atoms with Gasteiger partial charge in [0.2, 0.25) is 0 Å². The Bertz CT molecular complexity index is 193. The minimum absolute atomic E-state index is 0. The van der Waals surface area contributed by atoms with Crippen molar-refractivity contribution in [3.8, 4) is 0 Å². The van der Waals surface area contributed by atoms with Crippen LogP contribution >= 0.6 is 25.6 Å². The topological polar surface area (TPSA) is 83.9 Å². The maximum atomic E-state index is 10.8. The zero-order valence-electron chi connectivity index (χ0n) is 6.88. The van der Waals surface area contributed by atoms with Gasteiger partial charge in [-0.25, -0.2) is 4.41 Å². The summed E-state index contributed by atoms with van der Waals surface area (Å²) >= 11 is 6.87. The van der Waals surface area contributed by atoms with Crippen LogP contribution in [0.5, 0.6) is 0 Å². The minimum Gasteiger partial charge on any atom is -0.528 e. The first-order valence-electron chi connectivity index (χ1n) is 2.83. The van der Waals surface area contributed by atoms with Gasteiger partial charge in [0, 0.05) is 0 Å². The van der Waals surface area contributed by atoms with Crippen LogP contribution in [0, 0.1) is 0 Å². The van der Waals surface area contributed by atoms with Crippen LogP contribution in [0.15, 0.2) is 0 Å². The second-order valence-corrected chi connectivity index (χ2v) is 2.47. The molecular formula is C4H7KN2O4S2. The average molecular weight is 250 g/mol. The fourth-order valence-corrected chi connectivity index (χ4v) is 0.651. The number of carboxylic acid groups (broad SMARTS) is 1. The minimum atomic E-state index is -1.68. The third kappa shape index (κ3) is 6.17. The number of carbonyl (C=O) groups is 2. The molecule has 0 fully saturated rings. The fourth-order valence-electron chi connectivity index (χ4n) is 0.379. The van der Waals surface area contributed by atoms with E-state index in [9.17, 15) is 14.7 Å². The van der Waals surface area contributed by atoms with Crippen molar-refractivity contribution in [3.05, 3.63) is 0 Å². The van der Waals surface area contributed by atoms with Crippen molar-refractivity contribution < 1.29 is 71.2 Å². The SMILES string of the molecule is O=C([O-])N(S)N(S)C(=O)CCO.[K+]. The molecule has 2 amide bonds. The van der Waals surface area contributed by atoms with E-state index in [0.717, 1.165) is 0 Å². The second kappa shape index (κ2) is 8.35. The van der Waals surface area contributed by atoms with Crippen LogP contribution in [-0.2, 0) is 4.79 Å². The number of hydrogen-bond donors (Lipinski definition) is 3. The van der Waals surface area contributed by atoms with Crippen LogP contribution in [0.25, 0.3) is 0 Å². The molecule has 0 aliphatic rings. The van der Waals surface area contributed by atoms with Crippen LogP contribution in [-0.4, -0.2) is 32.5 Å². The van der Waals surface area contributed by atoms with Gasteiger partial charge in [-0.1, -0.05) is 0 Å². The van der Waals surface area contributed by atoms with E-state index >= 15 is 0 Å². The molecule has 70 valence electrons. The maximum absolute atomic E-state index is 10.8. The van der Waals surface area contributed by atoms with Gasteiger partial charge < -0.3 is 15.0 Å². The number of hydrazine groups is 1. The van der Waals surface area contributed by atoms with Crippen LogP contribution in [0.4, 0.5) is 4.79 Å². The summed E-state index contributed by atoms with van der Waals surface area (Å²) in [6.45, 7) is -0.384. The van der Waals surface area contributed by atoms with Crippen LogP contribution in [0.2, 0.25) is 0 Å². The molecule has 13 heavy (non-hydrogen) atoms. The fraction of sp³-hybridized carbons (Fsp3) is 0.500. The summed E-state index contributed by atoms with van der Waals surface area (Å²) in [6, 6.07) is 0. The quantitative estimate of drug-likeness (QED) is 0.262. The molecule has 0 rings (SSSR count). The number of rotatable bonds is 2. The number of aliphatic hydroxyl groups is 1. The van der Waals surface area contributed by atoms with E-state index in [1.165, 1.54) is 0 Å². The van der Waals surface area contributed by atoms with Gasteiger partial charge >= 0.3 is 51.4 Å². The van der Waals surface area contributed by atoms with E-state index in [0.29, 0.717) is 4.41 Å². The zero-order valence-corrected chi connectivity index (χ0v) is 11.8. The predicted octanol–water partition coefficient (Wildman–Crippen LogP) is -4.55. The first kappa shape index (κ1) is 16.5. The largest absolute Gasteiger partial charge is 1.00 e. The monoisotopic (exact) mass is 250 g/mol. The van der Waals surface area contributed by atoms with E-state index in [-0.39, 0.29) is 68.8 Å². The van der Waals surface area contributed by atoms with Gasteiger partial charge in [-0.15, -0.1) is 0 Å². The van der Waals surface area contributed by atoms with Gasteiger partial charge in [-0.05, 0) is 25.6 Å². The summed E-state index contributed by atoms with van der Waals surface area (Å²) in [6.07, 6.45) is -1.91. The molecule has 0 heterocycles. The molecule has 0 saturated carbocycles. The van der Waals surface area contributed by atoms with Gasteiger partial charge in [-0.3, -0.25) is 4.79 Å². The van der Waals surface area contributed by atoms with Gasteiger partial charge in [0.15, 0.2) is 6.09 Å². The average Bonchev–Trinajstić information content (AvgIpc) is 2.02. The number of hydrogen-bond acceptors (Lipinski definition) is 6. The van der Waals surface area contributed by atoms with Crippen molar-refractivity contribution in [1.82, 2.24) is 8.83 Å². The summed E-state index contributed by atoms with van der Waals surface area (Å²) in [4.78, 5) is 20.9.